The fourth-order valence-electron chi connectivity index (χ4n) is 3.25. The second-order valence-electron chi connectivity index (χ2n) is 6.77. The summed E-state index contributed by atoms with van der Waals surface area (Å²) in [7, 11) is 1.67. The van der Waals surface area contributed by atoms with Crippen LogP contribution >= 0.6 is 0 Å². The maximum atomic E-state index is 12.4. The number of amides is 1. The van der Waals surface area contributed by atoms with Gasteiger partial charge in [0.25, 0.3) is 0 Å². The molecule has 0 radical (unpaired) electrons. The largest absolute Gasteiger partial charge is 0.497 e. The minimum absolute atomic E-state index is 0.119. The Morgan fingerprint density at radius 2 is 1.91 bits per heavy atom. The zero-order valence-corrected chi connectivity index (χ0v) is 13.8. The van der Waals surface area contributed by atoms with Gasteiger partial charge >= 0.3 is 0 Å². The summed E-state index contributed by atoms with van der Waals surface area (Å²) in [5.74, 6) is 1.54. The number of carbonyl (C=O) groups is 1. The molecule has 3 N–H and O–H groups in total. The number of carbonyl (C=O) groups excluding carboxylic acids is 1. The second-order valence-corrected chi connectivity index (χ2v) is 6.77. The van der Waals surface area contributed by atoms with E-state index in [9.17, 15) is 4.79 Å². The van der Waals surface area contributed by atoms with Crippen molar-refractivity contribution >= 4 is 5.91 Å². The van der Waals surface area contributed by atoms with Gasteiger partial charge in [-0.1, -0.05) is 12.1 Å². The standard InChI is InChI=1S/C18H27N3O2/c1-23-16-6-4-14(5-7-16)18(13-2-3-13)20-17(22)12-21-10-8-15(19)9-11-21/h4-7,13,15,18H,2-3,8-12,19H2,1H3,(H,20,22). The quantitative estimate of drug-likeness (QED) is 0.838. The molecule has 0 aromatic heterocycles. The molecule has 1 aliphatic carbocycles. The molecule has 5 heteroatoms. The molecule has 23 heavy (non-hydrogen) atoms. The number of ether oxygens (including phenoxy) is 1. The molecule has 5 nitrogen and oxygen atoms in total. The second kappa shape index (κ2) is 7.32. The molecule has 1 amide bonds. The predicted octanol–water partition coefficient (Wildman–Crippen LogP) is 1.69. The van der Waals surface area contributed by atoms with Crippen molar-refractivity contribution in [3.63, 3.8) is 0 Å². The van der Waals surface area contributed by atoms with Crippen LogP contribution in [-0.2, 0) is 4.79 Å². The lowest BCUT2D eigenvalue weighted by atomic mass is 10.0. The van der Waals surface area contributed by atoms with Crippen LogP contribution in [0.25, 0.3) is 0 Å². The predicted molar refractivity (Wildman–Crippen MR) is 90.3 cm³/mol. The Bertz CT molecular complexity index is 520. The number of rotatable bonds is 6. The van der Waals surface area contributed by atoms with Gasteiger partial charge in [-0.15, -0.1) is 0 Å². The third-order valence-corrected chi connectivity index (χ3v) is 4.88. The normalized spacial score (nSPS) is 21.0. The van der Waals surface area contributed by atoms with E-state index >= 15 is 0 Å². The van der Waals surface area contributed by atoms with Crippen molar-refractivity contribution in [3.8, 4) is 5.75 Å². The topological polar surface area (TPSA) is 67.6 Å². The molecule has 0 bridgehead atoms. The highest BCUT2D eigenvalue weighted by molar-refractivity contribution is 5.78. The summed E-state index contributed by atoms with van der Waals surface area (Å²) in [4.78, 5) is 14.6. The Morgan fingerprint density at radius 3 is 2.48 bits per heavy atom. The lowest BCUT2D eigenvalue weighted by Gasteiger charge is -2.30. The minimum atomic E-state index is 0.119. The van der Waals surface area contributed by atoms with E-state index in [4.69, 9.17) is 10.5 Å². The third kappa shape index (κ3) is 4.45. The van der Waals surface area contributed by atoms with Gasteiger partial charge in [-0.3, -0.25) is 9.69 Å². The molecule has 1 saturated carbocycles. The van der Waals surface area contributed by atoms with Crippen LogP contribution in [0.1, 0.15) is 37.3 Å². The molecule has 1 aliphatic heterocycles. The highest BCUT2D eigenvalue weighted by Crippen LogP contribution is 2.41. The van der Waals surface area contributed by atoms with E-state index in [-0.39, 0.29) is 11.9 Å². The van der Waals surface area contributed by atoms with E-state index in [2.05, 4.69) is 22.3 Å². The molecular formula is C18H27N3O2. The maximum absolute atomic E-state index is 12.4. The van der Waals surface area contributed by atoms with E-state index in [0.29, 0.717) is 18.5 Å². The van der Waals surface area contributed by atoms with Crippen molar-refractivity contribution in [3.05, 3.63) is 29.8 Å². The first kappa shape index (κ1) is 16.3. The van der Waals surface area contributed by atoms with Gasteiger partial charge in [-0.25, -0.2) is 0 Å². The van der Waals surface area contributed by atoms with Gasteiger partial charge in [0.15, 0.2) is 0 Å². The lowest BCUT2D eigenvalue weighted by Crippen LogP contribution is -2.45. The zero-order chi connectivity index (χ0) is 16.2. The highest BCUT2D eigenvalue weighted by Gasteiger charge is 2.33. The van der Waals surface area contributed by atoms with E-state index in [1.807, 2.05) is 12.1 Å². The van der Waals surface area contributed by atoms with Gasteiger partial charge in [-0.2, -0.15) is 0 Å². The van der Waals surface area contributed by atoms with Crippen molar-refractivity contribution in [2.24, 2.45) is 11.7 Å². The van der Waals surface area contributed by atoms with Crippen LogP contribution in [0, 0.1) is 5.92 Å². The molecule has 2 aliphatic rings. The highest BCUT2D eigenvalue weighted by atomic mass is 16.5. The smallest absolute Gasteiger partial charge is 0.234 e. The molecule has 1 aromatic carbocycles. The number of methoxy groups -OCH3 is 1. The van der Waals surface area contributed by atoms with E-state index in [1.165, 1.54) is 18.4 Å². The van der Waals surface area contributed by atoms with Crippen LogP contribution < -0.4 is 15.8 Å². The van der Waals surface area contributed by atoms with Crippen molar-refractivity contribution in [2.75, 3.05) is 26.7 Å². The molecule has 126 valence electrons. The summed E-state index contributed by atoms with van der Waals surface area (Å²) >= 11 is 0. The Hall–Kier alpha value is -1.59. The Labute approximate surface area is 138 Å². The summed E-state index contributed by atoms with van der Waals surface area (Å²) in [5, 5.41) is 3.24. The molecule has 3 rings (SSSR count). The van der Waals surface area contributed by atoms with E-state index < -0.39 is 0 Å². The first-order chi connectivity index (χ1) is 11.2. The molecule has 2 fully saturated rings. The molecule has 1 heterocycles. The average molecular weight is 317 g/mol. The number of hydrogen-bond acceptors (Lipinski definition) is 4. The van der Waals surface area contributed by atoms with Crippen LogP contribution in [0.15, 0.2) is 24.3 Å². The summed E-state index contributed by atoms with van der Waals surface area (Å²) in [5.41, 5.74) is 7.09. The van der Waals surface area contributed by atoms with Gasteiger partial charge in [0, 0.05) is 19.1 Å². The molecule has 1 saturated heterocycles. The summed E-state index contributed by atoms with van der Waals surface area (Å²) in [6.07, 6.45) is 4.35. The lowest BCUT2D eigenvalue weighted by molar-refractivity contribution is -0.123. The Kier molecular flexibility index (Phi) is 5.18. The van der Waals surface area contributed by atoms with Crippen molar-refractivity contribution in [1.82, 2.24) is 10.2 Å². The summed E-state index contributed by atoms with van der Waals surface area (Å²) in [6, 6.07) is 8.46. The Balaban J connectivity index is 1.57. The van der Waals surface area contributed by atoms with E-state index in [0.717, 1.165) is 31.7 Å². The molecule has 0 spiro atoms. The van der Waals surface area contributed by atoms with Gasteiger partial charge in [0.2, 0.25) is 5.91 Å². The molecular weight excluding hydrogens is 290 g/mol. The van der Waals surface area contributed by atoms with Gasteiger partial charge in [0.05, 0.1) is 19.7 Å². The van der Waals surface area contributed by atoms with Gasteiger partial charge in [0.1, 0.15) is 5.75 Å². The number of nitrogens with two attached hydrogens (primary N) is 1. The SMILES string of the molecule is COc1ccc(C(NC(=O)CN2CCC(N)CC2)C2CC2)cc1. The fourth-order valence-corrected chi connectivity index (χ4v) is 3.25. The molecule has 1 atom stereocenters. The van der Waals surface area contributed by atoms with E-state index in [1.54, 1.807) is 7.11 Å². The zero-order valence-electron chi connectivity index (χ0n) is 13.8. The van der Waals surface area contributed by atoms with Crippen molar-refractivity contribution in [2.45, 2.75) is 37.8 Å². The number of hydrogen-bond donors (Lipinski definition) is 2. The number of likely N-dealkylation sites (tertiary alicyclic amines) is 1. The van der Waals surface area contributed by atoms with Crippen molar-refractivity contribution < 1.29 is 9.53 Å². The van der Waals surface area contributed by atoms with Crippen LogP contribution in [0.3, 0.4) is 0 Å². The van der Waals surface area contributed by atoms with Gasteiger partial charge < -0.3 is 15.8 Å². The fraction of sp³-hybridized carbons (Fsp3) is 0.611. The number of piperidine rings is 1. The number of nitrogens with zero attached hydrogens (tertiary/aromatic N) is 1. The average Bonchev–Trinajstić information content (AvgIpc) is 3.40. The maximum Gasteiger partial charge on any atom is 0.234 e. The Morgan fingerprint density at radius 1 is 1.26 bits per heavy atom. The summed E-state index contributed by atoms with van der Waals surface area (Å²) in [6.45, 7) is 2.32. The van der Waals surface area contributed by atoms with Crippen LogP contribution in [0.5, 0.6) is 5.75 Å². The third-order valence-electron chi connectivity index (χ3n) is 4.88. The van der Waals surface area contributed by atoms with Crippen LogP contribution in [-0.4, -0.2) is 43.6 Å². The van der Waals surface area contributed by atoms with Crippen LogP contribution in [0.2, 0.25) is 0 Å². The summed E-state index contributed by atoms with van der Waals surface area (Å²) < 4.78 is 5.21. The minimum Gasteiger partial charge on any atom is -0.497 e. The monoisotopic (exact) mass is 317 g/mol. The number of benzene rings is 1. The molecule has 1 aromatic rings. The first-order valence-corrected chi connectivity index (χ1v) is 8.57. The first-order valence-electron chi connectivity index (χ1n) is 8.57. The molecule has 1 unspecified atom stereocenters. The van der Waals surface area contributed by atoms with Crippen molar-refractivity contribution in [1.29, 1.82) is 0 Å². The van der Waals surface area contributed by atoms with Crippen LogP contribution in [0.4, 0.5) is 0 Å². The number of nitrogens with one attached hydrogen (secondary N) is 1. The van der Waals surface area contributed by atoms with Gasteiger partial charge in [-0.05, 0) is 49.3 Å².